The summed E-state index contributed by atoms with van der Waals surface area (Å²) in [4.78, 5) is 26.0. The van der Waals surface area contributed by atoms with Gasteiger partial charge in [-0.15, -0.1) is 0 Å². The van der Waals surface area contributed by atoms with E-state index in [0.29, 0.717) is 30.5 Å². The number of nitrogens with zero attached hydrogens (tertiary/aromatic N) is 1. The maximum atomic E-state index is 13.2. The molecule has 0 bridgehead atoms. The highest BCUT2D eigenvalue weighted by molar-refractivity contribution is 5.95. The average Bonchev–Trinajstić information content (AvgIpc) is 3.48. The Kier molecular flexibility index (Phi) is 6.40. The highest BCUT2D eigenvalue weighted by Crippen LogP contribution is 2.37. The van der Waals surface area contributed by atoms with Crippen LogP contribution in [0.25, 0.3) is 0 Å². The third-order valence-electron chi connectivity index (χ3n) is 5.98. The van der Waals surface area contributed by atoms with Crippen LogP contribution in [0.15, 0.2) is 24.3 Å². The molecule has 3 rings (SSSR count). The Morgan fingerprint density at radius 3 is 2.07 bits per heavy atom. The Balaban J connectivity index is 1.58. The minimum Gasteiger partial charge on any atom is -0.450 e. The van der Waals surface area contributed by atoms with Gasteiger partial charge in [0.2, 0.25) is 0 Å². The third kappa shape index (κ3) is 5.24. The van der Waals surface area contributed by atoms with E-state index >= 15 is 0 Å². The third-order valence-corrected chi connectivity index (χ3v) is 5.98. The summed E-state index contributed by atoms with van der Waals surface area (Å²) in [5, 5.41) is 0. The summed E-state index contributed by atoms with van der Waals surface area (Å²) in [6, 6.07) is 8.89. The van der Waals surface area contributed by atoms with Gasteiger partial charge in [-0.2, -0.15) is 0 Å². The molecule has 0 atom stereocenters. The zero-order chi connectivity index (χ0) is 19.4. The molecule has 5 heteroatoms. The van der Waals surface area contributed by atoms with Gasteiger partial charge in [0.25, 0.3) is 5.91 Å². The first kappa shape index (κ1) is 19.7. The lowest BCUT2D eigenvalue weighted by Crippen LogP contribution is -2.44. The van der Waals surface area contributed by atoms with Crippen LogP contribution in [0, 0.1) is 5.92 Å². The van der Waals surface area contributed by atoms with E-state index in [9.17, 15) is 9.59 Å². The van der Waals surface area contributed by atoms with Crippen molar-refractivity contribution in [2.75, 3.05) is 6.61 Å². The van der Waals surface area contributed by atoms with Crippen LogP contribution in [0.4, 0.5) is 4.79 Å². The van der Waals surface area contributed by atoms with E-state index in [1.165, 1.54) is 5.56 Å². The van der Waals surface area contributed by atoms with Crippen LogP contribution < -0.4 is 5.73 Å². The molecule has 2 N–H and O–H groups in total. The Morgan fingerprint density at radius 1 is 1.04 bits per heavy atom. The van der Waals surface area contributed by atoms with E-state index in [1.54, 1.807) is 0 Å². The molecule has 1 aromatic rings. The quantitative estimate of drug-likeness (QED) is 0.768. The second-order valence-corrected chi connectivity index (χ2v) is 8.35. The summed E-state index contributed by atoms with van der Waals surface area (Å²) in [6.07, 6.45) is 6.65. The Bertz CT molecular complexity index is 644. The van der Waals surface area contributed by atoms with Gasteiger partial charge in [0.15, 0.2) is 0 Å². The fourth-order valence-corrected chi connectivity index (χ4v) is 4.18. The van der Waals surface area contributed by atoms with Crippen molar-refractivity contribution >= 4 is 12.0 Å². The van der Waals surface area contributed by atoms with Crippen molar-refractivity contribution in [3.8, 4) is 0 Å². The molecule has 0 heterocycles. The first-order valence-corrected chi connectivity index (χ1v) is 10.3. The number of ether oxygens (including phenoxy) is 1. The molecule has 2 amide bonds. The molecule has 2 aliphatic rings. The Morgan fingerprint density at radius 2 is 1.59 bits per heavy atom. The molecular formula is C22H32N2O3. The molecule has 0 saturated heterocycles. The van der Waals surface area contributed by atoms with Crippen LogP contribution in [0.3, 0.4) is 0 Å². The minimum atomic E-state index is -0.697. The molecule has 0 aliphatic heterocycles. The lowest BCUT2D eigenvalue weighted by Gasteiger charge is -2.37. The van der Waals surface area contributed by atoms with Gasteiger partial charge in [0.1, 0.15) is 0 Å². The van der Waals surface area contributed by atoms with Gasteiger partial charge in [-0.1, -0.05) is 26.0 Å². The fraction of sp³-hybridized carbons (Fsp3) is 0.636. The number of rotatable bonds is 7. The van der Waals surface area contributed by atoms with Crippen LogP contribution in [-0.4, -0.2) is 35.6 Å². The summed E-state index contributed by atoms with van der Waals surface area (Å²) >= 11 is 0. The maximum Gasteiger partial charge on any atom is 0.404 e. The maximum absolute atomic E-state index is 13.2. The van der Waals surface area contributed by atoms with E-state index in [1.807, 2.05) is 12.1 Å². The van der Waals surface area contributed by atoms with E-state index in [4.69, 9.17) is 10.5 Å². The van der Waals surface area contributed by atoms with Crippen LogP contribution in [-0.2, 0) is 4.74 Å². The summed E-state index contributed by atoms with van der Waals surface area (Å²) < 4.78 is 4.86. The van der Waals surface area contributed by atoms with Crippen molar-refractivity contribution in [2.45, 2.75) is 76.8 Å². The number of primary amides is 1. The molecule has 2 saturated carbocycles. The molecular weight excluding hydrogens is 340 g/mol. The van der Waals surface area contributed by atoms with Crippen LogP contribution in [0.5, 0.6) is 0 Å². The first-order valence-electron chi connectivity index (χ1n) is 10.3. The summed E-state index contributed by atoms with van der Waals surface area (Å²) in [6.45, 7) is 4.73. The van der Waals surface area contributed by atoms with Crippen molar-refractivity contribution in [3.63, 3.8) is 0 Å². The van der Waals surface area contributed by atoms with Crippen molar-refractivity contribution in [1.82, 2.24) is 4.90 Å². The molecule has 5 nitrogen and oxygen atoms in total. The van der Waals surface area contributed by atoms with Crippen molar-refractivity contribution in [1.29, 1.82) is 0 Å². The van der Waals surface area contributed by atoms with E-state index in [-0.39, 0.29) is 5.91 Å². The van der Waals surface area contributed by atoms with Crippen LogP contribution >= 0.6 is 0 Å². The molecule has 0 spiro atoms. The van der Waals surface area contributed by atoms with E-state index in [2.05, 4.69) is 30.9 Å². The zero-order valence-corrected chi connectivity index (χ0v) is 16.5. The van der Waals surface area contributed by atoms with Gasteiger partial charge in [-0.05, 0) is 74.5 Å². The summed E-state index contributed by atoms with van der Waals surface area (Å²) in [5.41, 5.74) is 7.09. The van der Waals surface area contributed by atoms with Gasteiger partial charge in [0, 0.05) is 17.6 Å². The van der Waals surface area contributed by atoms with Gasteiger partial charge in [-0.25, -0.2) is 4.79 Å². The molecule has 2 aliphatic carbocycles. The molecule has 2 fully saturated rings. The highest BCUT2D eigenvalue weighted by atomic mass is 16.5. The predicted octanol–water partition coefficient (Wildman–Crippen LogP) is 4.46. The molecule has 0 radical (unpaired) electrons. The topological polar surface area (TPSA) is 72.6 Å². The van der Waals surface area contributed by atoms with Crippen LogP contribution in [0.2, 0.25) is 0 Å². The molecule has 0 unspecified atom stereocenters. The van der Waals surface area contributed by atoms with Crippen molar-refractivity contribution in [2.24, 2.45) is 11.7 Å². The second kappa shape index (κ2) is 8.77. The minimum absolute atomic E-state index is 0.188. The first-order chi connectivity index (χ1) is 13.0. The zero-order valence-electron chi connectivity index (χ0n) is 16.5. The number of nitrogens with two attached hydrogens (primary N) is 1. The predicted molar refractivity (Wildman–Crippen MR) is 106 cm³/mol. The summed E-state index contributed by atoms with van der Waals surface area (Å²) in [5.74, 6) is 1.22. The second-order valence-electron chi connectivity index (χ2n) is 8.35. The van der Waals surface area contributed by atoms with Gasteiger partial charge < -0.3 is 15.4 Å². The lowest BCUT2D eigenvalue weighted by atomic mass is 9.83. The summed E-state index contributed by atoms with van der Waals surface area (Å²) in [7, 11) is 0. The van der Waals surface area contributed by atoms with Crippen molar-refractivity contribution < 1.29 is 14.3 Å². The fourth-order valence-electron chi connectivity index (χ4n) is 4.18. The molecule has 148 valence electrons. The molecule has 0 aromatic heterocycles. The number of hydrogen-bond donors (Lipinski definition) is 1. The Hall–Kier alpha value is -2.04. The van der Waals surface area contributed by atoms with Gasteiger partial charge in [0.05, 0.1) is 6.61 Å². The standard InChI is InChI=1S/C22H32N2O3/c1-15(2)17-5-7-18(8-6-17)21(25)24(20-11-12-20)19-9-3-16(4-10-19)13-14-27-22(23)26/h5-8,15-16,19-20H,3-4,9-14H2,1-2H3,(H2,23,26). The van der Waals surface area contributed by atoms with E-state index < -0.39 is 6.09 Å². The van der Waals surface area contributed by atoms with Crippen LogP contribution in [0.1, 0.15) is 80.6 Å². The average molecular weight is 373 g/mol. The number of carbonyl (C=O) groups excluding carboxylic acids is 2. The Labute approximate surface area is 162 Å². The molecule has 27 heavy (non-hydrogen) atoms. The number of benzene rings is 1. The van der Waals surface area contributed by atoms with Gasteiger partial charge in [-0.3, -0.25) is 4.79 Å². The smallest absolute Gasteiger partial charge is 0.404 e. The monoisotopic (exact) mass is 372 g/mol. The lowest BCUT2D eigenvalue weighted by molar-refractivity contribution is 0.0574. The largest absolute Gasteiger partial charge is 0.450 e. The SMILES string of the molecule is CC(C)c1ccc(C(=O)N(C2CCC(CCOC(N)=O)CC2)C2CC2)cc1. The number of amides is 2. The van der Waals surface area contributed by atoms with Crippen molar-refractivity contribution in [3.05, 3.63) is 35.4 Å². The normalized spacial score (nSPS) is 22.5. The van der Waals surface area contributed by atoms with E-state index in [0.717, 1.165) is 50.5 Å². The molecule has 1 aromatic carbocycles. The van der Waals surface area contributed by atoms with Gasteiger partial charge >= 0.3 is 6.09 Å². The highest BCUT2D eigenvalue weighted by Gasteiger charge is 2.39. The number of carbonyl (C=O) groups is 2. The number of hydrogen-bond acceptors (Lipinski definition) is 3.